The quantitative estimate of drug-likeness (QED) is 0.383. The van der Waals surface area contributed by atoms with Crippen LogP contribution in [-0.4, -0.2) is 52.0 Å². The third kappa shape index (κ3) is 6.53. The van der Waals surface area contributed by atoms with Gasteiger partial charge in [-0.3, -0.25) is 4.79 Å². The van der Waals surface area contributed by atoms with Gasteiger partial charge in [0.25, 0.3) is 0 Å². The van der Waals surface area contributed by atoms with Gasteiger partial charge < -0.3 is 5.32 Å². The molecule has 192 valence electrons. The van der Waals surface area contributed by atoms with Crippen LogP contribution in [0.15, 0.2) is 81.0 Å². The van der Waals surface area contributed by atoms with Crippen molar-refractivity contribution in [2.75, 3.05) is 26.0 Å². The van der Waals surface area contributed by atoms with Crippen LogP contribution in [0, 0.1) is 6.92 Å². The number of rotatable bonds is 9. The lowest BCUT2D eigenvalue weighted by molar-refractivity contribution is -0.116. The minimum absolute atomic E-state index is 0.00353. The molecule has 0 aliphatic heterocycles. The fourth-order valence-corrected chi connectivity index (χ4v) is 6.02. The van der Waals surface area contributed by atoms with Crippen molar-refractivity contribution in [2.24, 2.45) is 0 Å². The number of nitrogens with zero attached hydrogens (tertiary/aromatic N) is 2. The first-order valence-corrected chi connectivity index (χ1v) is 14.7. The molecule has 0 heterocycles. The summed E-state index contributed by atoms with van der Waals surface area (Å²) >= 11 is 9.56. The lowest BCUT2D eigenvalue weighted by Gasteiger charge is -2.23. The van der Waals surface area contributed by atoms with Crippen LogP contribution in [0.4, 0.5) is 5.69 Å². The fourth-order valence-electron chi connectivity index (χ4n) is 3.26. The number of halogens is 2. The van der Waals surface area contributed by atoms with Crippen molar-refractivity contribution >= 4 is 59.2 Å². The monoisotopic (exact) mass is 613 g/mol. The molecule has 8 nitrogen and oxygen atoms in total. The first kappa shape index (κ1) is 28.3. The molecule has 0 spiro atoms. The highest BCUT2D eigenvalue weighted by Crippen LogP contribution is 2.25. The van der Waals surface area contributed by atoms with E-state index in [2.05, 4.69) is 21.2 Å². The number of hydrogen-bond acceptors (Lipinski definition) is 5. The highest BCUT2D eigenvalue weighted by molar-refractivity contribution is 9.10. The molecule has 0 saturated carbocycles. The van der Waals surface area contributed by atoms with Crippen LogP contribution in [0.1, 0.15) is 11.1 Å². The molecule has 0 radical (unpaired) electrons. The van der Waals surface area contributed by atoms with Crippen LogP contribution in [0.3, 0.4) is 0 Å². The summed E-state index contributed by atoms with van der Waals surface area (Å²) in [6.07, 6.45) is 0. The number of hydrogen-bond donors (Lipinski definition) is 1. The molecule has 0 aliphatic carbocycles. The number of benzene rings is 3. The molecule has 0 saturated heterocycles. The Morgan fingerprint density at radius 1 is 0.917 bits per heavy atom. The Balaban J connectivity index is 1.93. The molecular formula is C24H25BrClN3O5S2. The topological polar surface area (TPSA) is 104 Å². The van der Waals surface area contributed by atoms with Crippen molar-refractivity contribution in [1.82, 2.24) is 8.61 Å². The van der Waals surface area contributed by atoms with E-state index in [1.165, 1.54) is 38.4 Å². The Morgan fingerprint density at radius 3 is 2.14 bits per heavy atom. The molecule has 1 N–H and O–H groups in total. The molecule has 0 fully saturated rings. The first-order valence-electron chi connectivity index (χ1n) is 10.6. The van der Waals surface area contributed by atoms with Crippen LogP contribution < -0.4 is 5.32 Å². The molecule has 1 amide bonds. The summed E-state index contributed by atoms with van der Waals surface area (Å²) in [7, 11) is -4.99. The van der Waals surface area contributed by atoms with Crippen LogP contribution in [0.5, 0.6) is 0 Å². The standard InChI is InChI=1S/C24H25BrClN3O5S2/c1-17-8-11-21(35(31,32)28(2)3)14-23(17)27-24(30)16-29(15-18-6-4-5-7-22(18)26)36(33,34)20-12-9-19(25)10-13-20/h4-14H,15-16H2,1-3H3,(H,27,30). The zero-order chi connectivity index (χ0) is 26.7. The average Bonchev–Trinajstić information content (AvgIpc) is 2.81. The lowest BCUT2D eigenvalue weighted by Crippen LogP contribution is -2.37. The van der Waals surface area contributed by atoms with E-state index in [-0.39, 0.29) is 22.0 Å². The summed E-state index contributed by atoms with van der Waals surface area (Å²) < 4.78 is 54.8. The number of anilines is 1. The van der Waals surface area contributed by atoms with Crippen LogP contribution in [0.25, 0.3) is 0 Å². The minimum Gasteiger partial charge on any atom is -0.325 e. The molecule has 36 heavy (non-hydrogen) atoms. The van der Waals surface area contributed by atoms with Gasteiger partial charge in [-0.2, -0.15) is 4.31 Å². The normalized spacial score (nSPS) is 12.2. The van der Waals surface area contributed by atoms with Gasteiger partial charge in [0.2, 0.25) is 26.0 Å². The fraction of sp³-hybridized carbons (Fsp3) is 0.208. The van der Waals surface area contributed by atoms with Crippen LogP contribution in [0.2, 0.25) is 5.02 Å². The molecule has 0 bridgehead atoms. The molecule has 3 aromatic carbocycles. The zero-order valence-electron chi connectivity index (χ0n) is 19.8. The second-order valence-corrected chi connectivity index (χ2v) is 13.5. The van der Waals surface area contributed by atoms with Gasteiger partial charge in [0.15, 0.2) is 0 Å². The van der Waals surface area contributed by atoms with Crippen molar-refractivity contribution in [3.63, 3.8) is 0 Å². The zero-order valence-corrected chi connectivity index (χ0v) is 23.7. The Kier molecular flexibility index (Phi) is 8.97. The van der Waals surface area contributed by atoms with Crippen molar-refractivity contribution in [1.29, 1.82) is 0 Å². The number of amides is 1. The third-order valence-electron chi connectivity index (χ3n) is 5.34. The first-order chi connectivity index (χ1) is 16.8. The van der Waals surface area contributed by atoms with Gasteiger partial charge in [-0.15, -0.1) is 0 Å². The van der Waals surface area contributed by atoms with Crippen LogP contribution in [-0.2, 0) is 31.4 Å². The molecule has 12 heteroatoms. The van der Waals surface area contributed by atoms with E-state index in [4.69, 9.17) is 11.6 Å². The van der Waals surface area contributed by atoms with E-state index in [0.717, 1.165) is 8.61 Å². The van der Waals surface area contributed by atoms with Gasteiger partial charge >= 0.3 is 0 Å². The third-order valence-corrected chi connectivity index (χ3v) is 9.85. The summed E-state index contributed by atoms with van der Waals surface area (Å²) in [4.78, 5) is 13.1. The van der Waals surface area contributed by atoms with E-state index >= 15 is 0 Å². The summed E-state index contributed by atoms with van der Waals surface area (Å²) in [5.74, 6) is -0.634. The Bertz CT molecular complexity index is 1480. The predicted octanol–water partition coefficient (Wildman–Crippen LogP) is 4.49. The van der Waals surface area contributed by atoms with Crippen molar-refractivity contribution < 1.29 is 21.6 Å². The molecule has 0 aromatic heterocycles. The van der Waals surface area contributed by atoms with Crippen molar-refractivity contribution in [3.8, 4) is 0 Å². The van der Waals surface area contributed by atoms with E-state index in [0.29, 0.717) is 20.6 Å². The highest BCUT2D eigenvalue weighted by atomic mass is 79.9. The van der Waals surface area contributed by atoms with Crippen LogP contribution >= 0.6 is 27.5 Å². The highest BCUT2D eigenvalue weighted by Gasteiger charge is 2.28. The molecular weight excluding hydrogens is 590 g/mol. The number of nitrogens with one attached hydrogen (secondary N) is 1. The van der Waals surface area contributed by atoms with Crippen molar-refractivity contribution in [2.45, 2.75) is 23.3 Å². The lowest BCUT2D eigenvalue weighted by atomic mass is 10.2. The predicted molar refractivity (Wildman–Crippen MR) is 144 cm³/mol. The summed E-state index contributed by atoms with van der Waals surface area (Å²) in [5.41, 5.74) is 1.42. The molecule has 0 unspecified atom stereocenters. The van der Waals surface area contributed by atoms with Gasteiger partial charge in [0.05, 0.1) is 16.3 Å². The minimum atomic E-state index is -4.08. The Morgan fingerprint density at radius 2 is 1.53 bits per heavy atom. The maximum absolute atomic E-state index is 13.5. The number of sulfonamides is 2. The molecule has 0 aliphatic rings. The number of carbonyl (C=O) groups excluding carboxylic acids is 1. The SMILES string of the molecule is Cc1ccc(S(=O)(=O)N(C)C)cc1NC(=O)CN(Cc1ccccc1Cl)S(=O)(=O)c1ccc(Br)cc1. The smallest absolute Gasteiger partial charge is 0.243 e. The van der Waals surface area contributed by atoms with E-state index in [1.54, 1.807) is 49.4 Å². The Labute approximate surface area is 225 Å². The Hall–Kier alpha value is -2.28. The molecule has 3 aromatic rings. The maximum atomic E-state index is 13.5. The summed E-state index contributed by atoms with van der Waals surface area (Å²) in [6, 6.07) is 17.2. The maximum Gasteiger partial charge on any atom is 0.243 e. The van der Waals surface area contributed by atoms with Gasteiger partial charge in [-0.25, -0.2) is 21.1 Å². The van der Waals surface area contributed by atoms with Gasteiger partial charge in [-0.05, 0) is 60.5 Å². The van der Waals surface area contributed by atoms with Crippen molar-refractivity contribution in [3.05, 3.63) is 87.4 Å². The van der Waals surface area contributed by atoms with E-state index < -0.39 is 32.5 Å². The summed E-state index contributed by atoms with van der Waals surface area (Å²) in [6.45, 7) is 1.05. The van der Waals surface area contributed by atoms with E-state index in [9.17, 15) is 21.6 Å². The van der Waals surface area contributed by atoms with Gasteiger partial charge in [-0.1, -0.05) is 51.8 Å². The number of carbonyl (C=O) groups is 1. The largest absolute Gasteiger partial charge is 0.325 e. The molecule has 3 rings (SSSR count). The summed E-state index contributed by atoms with van der Waals surface area (Å²) in [5, 5.41) is 3.02. The second kappa shape index (κ2) is 11.4. The van der Waals surface area contributed by atoms with Gasteiger partial charge in [0, 0.05) is 35.8 Å². The molecule has 0 atom stereocenters. The van der Waals surface area contributed by atoms with E-state index in [1.807, 2.05) is 0 Å². The number of aryl methyl sites for hydroxylation is 1. The van der Waals surface area contributed by atoms with Gasteiger partial charge in [0.1, 0.15) is 0 Å². The average molecular weight is 615 g/mol. The second-order valence-electron chi connectivity index (χ2n) is 8.13.